The van der Waals surface area contributed by atoms with Gasteiger partial charge in [0.2, 0.25) is 5.82 Å². The molecule has 2 aromatic carbocycles. The molecule has 12 heteroatoms. The van der Waals surface area contributed by atoms with Crippen LogP contribution in [0.1, 0.15) is 5.56 Å². The van der Waals surface area contributed by atoms with E-state index in [1.807, 2.05) is 0 Å². The summed E-state index contributed by atoms with van der Waals surface area (Å²) in [7, 11) is -5.06. The van der Waals surface area contributed by atoms with E-state index in [1.54, 1.807) is 0 Å². The quantitative estimate of drug-likeness (QED) is 0.197. The molecular weight excluding hydrogens is 392 g/mol. The van der Waals surface area contributed by atoms with Crippen LogP contribution >= 0.6 is 0 Å². The number of hydrogen-bond donors (Lipinski definition) is 0. The largest absolute Gasteiger partial charge is 0.364 e. The van der Waals surface area contributed by atoms with E-state index in [9.17, 15) is 44.9 Å². The van der Waals surface area contributed by atoms with Gasteiger partial charge in [0.05, 0.1) is 15.4 Å². The highest BCUT2D eigenvalue weighted by molar-refractivity contribution is 7.95. The van der Waals surface area contributed by atoms with Gasteiger partial charge in [0.15, 0.2) is 23.3 Å². The molecule has 0 spiro atoms. The Morgan fingerprint density at radius 1 is 0.846 bits per heavy atom. The second-order valence-corrected chi connectivity index (χ2v) is 6.58. The minimum atomic E-state index is -5.06. The molecule has 0 aliphatic heterocycles. The molecule has 0 heterocycles. The Hall–Kier alpha value is -2.89. The minimum absolute atomic E-state index is 0.297. The first kappa shape index (κ1) is 19.4. The van der Waals surface area contributed by atoms with Gasteiger partial charge in [-0.25, -0.2) is 34.8 Å². The molecule has 0 atom stereocenters. The van der Waals surface area contributed by atoms with Gasteiger partial charge in [-0.15, -0.1) is 0 Å². The fourth-order valence-electron chi connectivity index (χ4n) is 1.83. The number of nitro groups is 1. The summed E-state index contributed by atoms with van der Waals surface area (Å²) in [5, 5.41) is 9.16. The Morgan fingerprint density at radius 3 is 1.69 bits per heavy atom. The standard InChI is InChI=1S/C14H5F6NO4S/c15-6-1-3-7(4-2-6)26(24,25)9(21(22)23)5-8-10(16)12(18)14(20)13(19)11(8)17/h1-5H/b9-5-. The fraction of sp³-hybridized carbons (Fsp3) is 0. The lowest BCUT2D eigenvalue weighted by Crippen LogP contribution is -2.14. The van der Waals surface area contributed by atoms with E-state index < -0.39 is 65.2 Å². The van der Waals surface area contributed by atoms with Crippen LogP contribution in [0.25, 0.3) is 6.08 Å². The highest BCUT2D eigenvalue weighted by atomic mass is 32.2. The van der Waals surface area contributed by atoms with Gasteiger partial charge in [0.1, 0.15) is 5.82 Å². The molecule has 2 rings (SSSR count). The minimum Gasteiger partial charge on any atom is -0.258 e. The summed E-state index contributed by atoms with van der Waals surface area (Å²) >= 11 is 0. The summed E-state index contributed by atoms with van der Waals surface area (Å²) in [6, 6.07) is 2.53. The number of sulfone groups is 1. The molecule has 0 aliphatic carbocycles. The predicted molar refractivity (Wildman–Crippen MR) is 74.8 cm³/mol. The summed E-state index contributed by atoms with van der Waals surface area (Å²) < 4.78 is 104. The summed E-state index contributed by atoms with van der Waals surface area (Å²) in [6.07, 6.45) is -0.297. The van der Waals surface area contributed by atoms with Crippen molar-refractivity contribution < 1.29 is 39.7 Å². The zero-order chi connectivity index (χ0) is 19.8. The maximum absolute atomic E-state index is 13.6. The van der Waals surface area contributed by atoms with Crippen molar-refractivity contribution in [3.63, 3.8) is 0 Å². The maximum Gasteiger partial charge on any atom is 0.364 e. The molecule has 0 fully saturated rings. The first-order valence-corrected chi connectivity index (χ1v) is 7.85. The molecule has 26 heavy (non-hydrogen) atoms. The van der Waals surface area contributed by atoms with Crippen LogP contribution < -0.4 is 0 Å². The Labute approximate surface area is 141 Å². The third-order valence-corrected chi connectivity index (χ3v) is 4.80. The number of rotatable bonds is 4. The molecule has 0 N–H and O–H groups in total. The average molecular weight is 397 g/mol. The molecule has 0 unspecified atom stereocenters. The molecule has 0 aromatic heterocycles. The molecule has 0 amide bonds. The van der Waals surface area contributed by atoms with Gasteiger partial charge in [0.25, 0.3) is 9.84 Å². The zero-order valence-electron chi connectivity index (χ0n) is 12.1. The highest BCUT2D eigenvalue weighted by Gasteiger charge is 2.34. The molecule has 0 bridgehead atoms. The van der Waals surface area contributed by atoms with Crippen molar-refractivity contribution in [3.05, 3.63) is 79.9 Å². The highest BCUT2D eigenvalue weighted by Crippen LogP contribution is 2.28. The first-order chi connectivity index (χ1) is 12.0. The molecule has 0 aliphatic rings. The van der Waals surface area contributed by atoms with E-state index in [2.05, 4.69) is 0 Å². The number of nitrogens with zero attached hydrogens (tertiary/aromatic N) is 1. The zero-order valence-corrected chi connectivity index (χ0v) is 13.0. The van der Waals surface area contributed by atoms with Crippen molar-refractivity contribution in [2.45, 2.75) is 4.90 Å². The van der Waals surface area contributed by atoms with Crippen LogP contribution in [0.3, 0.4) is 0 Å². The van der Waals surface area contributed by atoms with Crippen LogP contribution in [0.5, 0.6) is 0 Å². The van der Waals surface area contributed by atoms with E-state index in [0.29, 0.717) is 24.3 Å². The average Bonchev–Trinajstić information content (AvgIpc) is 2.58. The van der Waals surface area contributed by atoms with Crippen molar-refractivity contribution in [1.82, 2.24) is 0 Å². The van der Waals surface area contributed by atoms with Crippen molar-refractivity contribution >= 4 is 15.9 Å². The van der Waals surface area contributed by atoms with Gasteiger partial charge >= 0.3 is 5.03 Å². The Kier molecular flexibility index (Phi) is 5.07. The van der Waals surface area contributed by atoms with Gasteiger partial charge in [-0.05, 0) is 24.3 Å². The van der Waals surface area contributed by atoms with Crippen LogP contribution in [0.15, 0.2) is 34.2 Å². The topological polar surface area (TPSA) is 77.3 Å². The van der Waals surface area contributed by atoms with E-state index in [4.69, 9.17) is 0 Å². The Morgan fingerprint density at radius 2 is 1.27 bits per heavy atom. The van der Waals surface area contributed by atoms with E-state index >= 15 is 0 Å². The SMILES string of the molecule is O=[N+]([O-])/C(=C/c1c(F)c(F)c(F)c(F)c1F)S(=O)(=O)c1ccc(F)cc1. The molecule has 0 saturated carbocycles. The fourth-order valence-corrected chi connectivity index (χ4v) is 3.04. The monoisotopic (exact) mass is 397 g/mol. The van der Waals surface area contributed by atoms with Gasteiger partial charge < -0.3 is 0 Å². The number of hydrogen-bond acceptors (Lipinski definition) is 4. The van der Waals surface area contributed by atoms with Crippen LogP contribution in [0.4, 0.5) is 26.3 Å². The van der Waals surface area contributed by atoms with Gasteiger partial charge in [-0.2, -0.15) is 0 Å². The second-order valence-electron chi connectivity index (χ2n) is 4.68. The number of halogens is 6. The molecular formula is C14H5F6NO4S. The Balaban J connectivity index is 2.77. The Bertz CT molecular complexity index is 1010. The van der Waals surface area contributed by atoms with Crippen LogP contribution in [-0.2, 0) is 9.84 Å². The lowest BCUT2D eigenvalue weighted by Gasteiger charge is -2.06. The van der Waals surface area contributed by atoms with Crippen LogP contribution in [0.2, 0.25) is 0 Å². The van der Waals surface area contributed by atoms with Crippen molar-refractivity contribution in [1.29, 1.82) is 0 Å². The molecule has 0 radical (unpaired) electrons. The summed E-state index contributed by atoms with van der Waals surface area (Å²) in [4.78, 5) is 8.61. The summed E-state index contributed by atoms with van der Waals surface area (Å²) in [5.41, 5.74) is -1.81. The molecule has 5 nitrogen and oxygen atoms in total. The van der Waals surface area contributed by atoms with Gasteiger partial charge in [0, 0.05) is 6.08 Å². The smallest absolute Gasteiger partial charge is 0.258 e. The van der Waals surface area contributed by atoms with Crippen molar-refractivity contribution in [2.75, 3.05) is 0 Å². The third kappa shape index (κ3) is 3.27. The van der Waals surface area contributed by atoms with Gasteiger partial charge in [-0.3, -0.25) is 10.1 Å². The second kappa shape index (κ2) is 6.78. The molecule has 0 saturated heterocycles. The summed E-state index contributed by atoms with van der Waals surface area (Å²) in [6.45, 7) is 0. The first-order valence-electron chi connectivity index (χ1n) is 6.36. The lowest BCUT2D eigenvalue weighted by atomic mass is 10.1. The maximum atomic E-state index is 13.6. The van der Waals surface area contributed by atoms with Gasteiger partial charge in [-0.1, -0.05) is 0 Å². The molecule has 2 aromatic rings. The molecule has 138 valence electrons. The van der Waals surface area contributed by atoms with Crippen molar-refractivity contribution in [2.24, 2.45) is 0 Å². The summed E-state index contributed by atoms with van der Waals surface area (Å²) in [5.74, 6) is -13.1. The predicted octanol–water partition coefficient (Wildman–Crippen LogP) is 3.57. The third-order valence-electron chi connectivity index (χ3n) is 3.09. The lowest BCUT2D eigenvalue weighted by molar-refractivity contribution is -0.410. The van der Waals surface area contributed by atoms with Crippen molar-refractivity contribution in [3.8, 4) is 0 Å². The van der Waals surface area contributed by atoms with E-state index in [-0.39, 0.29) is 6.08 Å². The van der Waals surface area contributed by atoms with E-state index in [0.717, 1.165) is 0 Å². The normalized spacial score (nSPS) is 12.3. The van der Waals surface area contributed by atoms with E-state index in [1.165, 1.54) is 0 Å². The number of benzene rings is 2. The van der Waals surface area contributed by atoms with Crippen LogP contribution in [0, 0.1) is 45.0 Å². The van der Waals surface area contributed by atoms with Crippen LogP contribution in [-0.4, -0.2) is 13.3 Å².